The van der Waals surface area contributed by atoms with E-state index in [1.807, 2.05) is 0 Å². The van der Waals surface area contributed by atoms with Crippen LogP contribution in [0.25, 0.3) is 0 Å². The molecule has 0 amide bonds. The van der Waals surface area contributed by atoms with Crippen LogP contribution in [0.15, 0.2) is 0 Å². The third kappa shape index (κ3) is 1.51. The molecule has 3 heteroatoms. The molecular weight excluding hydrogens is 159 g/mol. The summed E-state index contributed by atoms with van der Waals surface area (Å²) < 4.78 is 12.5. The maximum Gasteiger partial charge on any atom is 0.161 e. The summed E-state index contributed by atoms with van der Waals surface area (Å²) >= 11 is 0. The minimum atomic E-state index is -0.963. The van der Waals surface area contributed by atoms with Gasteiger partial charge >= 0.3 is 0 Å². The molecule has 12 heavy (non-hydrogen) atoms. The standard InChI is InChI=1S/C9H15FO2/c1-3-7(11)8(12)9(2)4-6(10)5-9/h6,8,12H,3-5H2,1-2H3. The summed E-state index contributed by atoms with van der Waals surface area (Å²) in [5, 5.41) is 9.50. The number of carbonyl (C=O) groups is 1. The van der Waals surface area contributed by atoms with Gasteiger partial charge in [-0.3, -0.25) is 4.79 Å². The Kier molecular flexibility index (Phi) is 2.52. The highest BCUT2D eigenvalue weighted by molar-refractivity contribution is 5.83. The molecular formula is C9H15FO2. The van der Waals surface area contributed by atoms with Crippen molar-refractivity contribution in [1.29, 1.82) is 0 Å². The Hall–Kier alpha value is -0.440. The molecule has 1 N–H and O–H groups in total. The van der Waals surface area contributed by atoms with Crippen LogP contribution in [0.3, 0.4) is 0 Å². The van der Waals surface area contributed by atoms with Crippen LogP contribution in [0.2, 0.25) is 0 Å². The Morgan fingerprint density at radius 1 is 1.75 bits per heavy atom. The molecule has 0 aromatic carbocycles. The molecule has 1 saturated carbocycles. The van der Waals surface area contributed by atoms with Gasteiger partial charge in [0.2, 0.25) is 0 Å². The lowest BCUT2D eigenvalue weighted by molar-refractivity contribution is -0.141. The Balaban J connectivity index is 2.53. The van der Waals surface area contributed by atoms with E-state index in [2.05, 4.69) is 0 Å². The number of Topliss-reactive ketones (excluding diaryl/α,β-unsaturated/α-hetero) is 1. The smallest absolute Gasteiger partial charge is 0.161 e. The number of hydrogen-bond donors (Lipinski definition) is 1. The van der Waals surface area contributed by atoms with Gasteiger partial charge in [0.25, 0.3) is 0 Å². The van der Waals surface area contributed by atoms with Crippen LogP contribution in [0, 0.1) is 5.41 Å². The van der Waals surface area contributed by atoms with Crippen molar-refractivity contribution in [3.63, 3.8) is 0 Å². The topological polar surface area (TPSA) is 37.3 Å². The quantitative estimate of drug-likeness (QED) is 0.703. The van der Waals surface area contributed by atoms with E-state index in [1.165, 1.54) is 0 Å². The van der Waals surface area contributed by atoms with Gasteiger partial charge in [0.1, 0.15) is 12.3 Å². The Morgan fingerprint density at radius 2 is 2.25 bits per heavy atom. The summed E-state index contributed by atoms with van der Waals surface area (Å²) in [6, 6.07) is 0. The van der Waals surface area contributed by atoms with E-state index < -0.39 is 17.7 Å². The predicted octanol–water partition coefficient (Wildman–Crippen LogP) is 1.46. The van der Waals surface area contributed by atoms with Crippen LogP contribution in [-0.4, -0.2) is 23.2 Å². The first-order valence-electron chi connectivity index (χ1n) is 4.34. The van der Waals surface area contributed by atoms with Crippen molar-refractivity contribution < 1.29 is 14.3 Å². The molecule has 0 aliphatic heterocycles. The summed E-state index contributed by atoms with van der Waals surface area (Å²) in [6.07, 6.45) is -0.822. The van der Waals surface area contributed by atoms with Gasteiger partial charge in [-0.25, -0.2) is 4.39 Å². The Labute approximate surface area is 71.8 Å². The second kappa shape index (κ2) is 3.13. The first-order chi connectivity index (χ1) is 5.49. The number of ketones is 1. The van der Waals surface area contributed by atoms with Crippen molar-refractivity contribution in [2.45, 2.75) is 45.4 Å². The van der Waals surface area contributed by atoms with Crippen molar-refractivity contribution >= 4 is 5.78 Å². The highest BCUT2D eigenvalue weighted by atomic mass is 19.1. The molecule has 0 aromatic heterocycles. The van der Waals surface area contributed by atoms with Gasteiger partial charge in [-0.05, 0) is 12.8 Å². The molecule has 1 atom stereocenters. The zero-order valence-corrected chi connectivity index (χ0v) is 7.51. The summed E-state index contributed by atoms with van der Waals surface area (Å²) in [5.41, 5.74) is -0.494. The van der Waals surface area contributed by atoms with E-state index in [0.717, 1.165) is 0 Å². The fraction of sp³-hybridized carbons (Fsp3) is 0.889. The number of aliphatic hydroxyl groups excluding tert-OH is 1. The molecule has 0 aromatic rings. The lowest BCUT2D eigenvalue weighted by Crippen LogP contribution is -2.48. The van der Waals surface area contributed by atoms with Crippen LogP contribution < -0.4 is 0 Å². The summed E-state index contributed by atoms with van der Waals surface area (Å²) in [4.78, 5) is 11.1. The van der Waals surface area contributed by atoms with Crippen LogP contribution in [-0.2, 0) is 4.79 Å². The number of alkyl halides is 1. The lowest BCUT2D eigenvalue weighted by atomic mass is 9.64. The van der Waals surface area contributed by atoms with E-state index >= 15 is 0 Å². The maximum atomic E-state index is 12.5. The van der Waals surface area contributed by atoms with Gasteiger partial charge in [-0.15, -0.1) is 0 Å². The molecule has 1 unspecified atom stereocenters. The second-order valence-electron chi connectivity index (χ2n) is 3.88. The number of aliphatic hydroxyl groups is 1. The third-order valence-electron chi connectivity index (χ3n) is 2.69. The van der Waals surface area contributed by atoms with Crippen molar-refractivity contribution in [2.75, 3.05) is 0 Å². The van der Waals surface area contributed by atoms with E-state index in [4.69, 9.17) is 0 Å². The van der Waals surface area contributed by atoms with Crippen molar-refractivity contribution in [1.82, 2.24) is 0 Å². The summed E-state index contributed by atoms with van der Waals surface area (Å²) in [7, 11) is 0. The minimum Gasteiger partial charge on any atom is -0.385 e. The summed E-state index contributed by atoms with van der Waals surface area (Å²) in [5.74, 6) is -0.176. The molecule has 1 rings (SSSR count). The molecule has 0 spiro atoms. The van der Waals surface area contributed by atoms with E-state index in [9.17, 15) is 14.3 Å². The largest absolute Gasteiger partial charge is 0.385 e. The average molecular weight is 174 g/mol. The molecule has 1 aliphatic rings. The van der Waals surface area contributed by atoms with Gasteiger partial charge in [-0.1, -0.05) is 13.8 Å². The van der Waals surface area contributed by atoms with E-state index in [-0.39, 0.29) is 5.78 Å². The average Bonchev–Trinajstić information content (AvgIpc) is 1.99. The summed E-state index contributed by atoms with van der Waals surface area (Å²) in [6.45, 7) is 3.47. The van der Waals surface area contributed by atoms with Gasteiger partial charge in [-0.2, -0.15) is 0 Å². The fourth-order valence-electron chi connectivity index (χ4n) is 1.76. The molecule has 0 saturated heterocycles. The van der Waals surface area contributed by atoms with Crippen molar-refractivity contribution in [3.8, 4) is 0 Å². The highest BCUT2D eigenvalue weighted by Gasteiger charge is 2.47. The molecule has 0 heterocycles. The molecule has 1 aliphatic carbocycles. The number of rotatable bonds is 3. The normalized spacial score (nSPS) is 37.2. The van der Waals surface area contributed by atoms with Gasteiger partial charge in [0.05, 0.1) is 0 Å². The highest BCUT2D eigenvalue weighted by Crippen LogP contribution is 2.45. The Morgan fingerprint density at radius 3 is 2.58 bits per heavy atom. The van der Waals surface area contributed by atoms with Crippen LogP contribution in [0.4, 0.5) is 4.39 Å². The van der Waals surface area contributed by atoms with Crippen molar-refractivity contribution in [3.05, 3.63) is 0 Å². The van der Waals surface area contributed by atoms with Crippen LogP contribution in [0.1, 0.15) is 33.1 Å². The SMILES string of the molecule is CCC(=O)C(O)C1(C)CC(F)C1. The number of halogens is 1. The van der Waals surface area contributed by atoms with Crippen LogP contribution in [0.5, 0.6) is 0 Å². The Bertz CT molecular complexity index is 185. The van der Waals surface area contributed by atoms with Crippen LogP contribution >= 0.6 is 0 Å². The van der Waals surface area contributed by atoms with Gasteiger partial charge in [0.15, 0.2) is 5.78 Å². The first kappa shape index (κ1) is 9.65. The molecule has 70 valence electrons. The predicted molar refractivity (Wildman–Crippen MR) is 43.5 cm³/mol. The molecule has 1 fully saturated rings. The first-order valence-corrected chi connectivity index (χ1v) is 4.34. The van der Waals surface area contributed by atoms with E-state index in [1.54, 1.807) is 13.8 Å². The monoisotopic (exact) mass is 174 g/mol. The minimum absolute atomic E-state index is 0.176. The molecule has 0 radical (unpaired) electrons. The third-order valence-corrected chi connectivity index (χ3v) is 2.69. The van der Waals surface area contributed by atoms with Crippen molar-refractivity contribution in [2.24, 2.45) is 5.41 Å². The zero-order chi connectivity index (χ0) is 9.35. The van der Waals surface area contributed by atoms with Gasteiger partial charge in [0, 0.05) is 11.8 Å². The number of hydrogen-bond acceptors (Lipinski definition) is 2. The second-order valence-corrected chi connectivity index (χ2v) is 3.88. The molecule has 0 bridgehead atoms. The zero-order valence-electron chi connectivity index (χ0n) is 7.51. The molecule has 2 nitrogen and oxygen atoms in total. The lowest BCUT2D eigenvalue weighted by Gasteiger charge is -2.43. The van der Waals surface area contributed by atoms with Gasteiger partial charge < -0.3 is 5.11 Å². The maximum absolute atomic E-state index is 12.5. The fourth-order valence-corrected chi connectivity index (χ4v) is 1.76. The van der Waals surface area contributed by atoms with E-state index in [0.29, 0.717) is 19.3 Å². The number of carbonyl (C=O) groups excluding carboxylic acids is 1.